The average molecular weight is 498 g/mol. The van der Waals surface area contributed by atoms with E-state index in [-0.39, 0.29) is 5.75 Å². The number of phenols is 1. The Balaban J connectivity index is 1.66. The normalized spacial score (nSPS) is 11.6. The Kier molecular flexibility index (Phi) is 7.20. The molecular formula is C25H28FN5O3S. The van der Waals surface area contributed by atoms with Gasteiger partial charge in [-0.25, -0.2) is 17.8 Å². The van der Waals surface area contributed by atoms with E-state index in [0.29, 0.717) is 47.7 Å². The van der Waals surface area contributed by atoms with E-state index in [1.165, 1.54) is 12.1 Å². The Morgan fingerprint density at radius 3 is 2.69 bits per heavy atom. The van der Waals surface area contributed by atoms with Crippen molar-refractivity contribution in [3.63, 3.8) is 0 Å². The summed E-state index contributed by atoms with van der Waals surface area (Å²) in [5.41, 5.74) is 3.82. The van der Waals surface area contributed by atoms with Gasteiger partial charge >= 0.3 is 0 Å². The maximum Gasteiger partial charge on any atom is 0.232 e. The number of hydrogen-bond acceptors (Lipinski definition) is 6. The first kappa shape index (κ1) is 24.5. The lowest BCUT2D eigenvalue weighted by atomic mass is 10.0. The summed E-state index contributed by atoms with van der Waals surface area (Å²) >= 11 is 0. The minimum atomic E-state index is -3.45. The van der Waals surface area contributed by atoms with Crippen LogP contribution in [0, 0.1) is 5.82 Å². The number of aryl methyl sites for hydroxylation is 1. The van der Waals surface area contributed by atoms with E-state index < -0.39 is 21.6 Å². The smallest absolute Gasteiger partial charge is 0.232 e. The number of aromatic hydroxyl groups is 1. The summed E-state index contributed by atoms with van der Waals surface area (Å²) < 4.78 is 41.7. The average Bonchev–Trinajstić information content (AvgIpc) is 3.32. The standard InChI is InChI=1S/C25H28FN5O3S/c1-3-5-10-35(33,34)31-21-9-7-6-8-17(21)14-27-25-19-15-28-30-23(19)13-22(29-25)18-12-20(26)24(32)11-16(18)4-2/h6-9,11-13,15,31-32H,3-5,10,14H2,1-2H3,(H,27,29)(H,28,30). The molecule has 10 heteroatoms. The van der Waals surface area contributed by atoms with E-state index in [4.69, 9.17) is 4.98 Å². The van der Waals surface area contributed by atoms with Gasteiger partial charge in [-0.05, 0) is 48.2 Å². The number of hydrogen-bond donors (Lipinski definition) is 4. The summed E-state index contributed by atoms with van der Waals surface area (Å²) in [4.78, 5) is 4.72. The molecule has 2 aromatic carbocycles. The number of nitrogens with one attached hydrogen (secondary N) is 3. The molecule has 0 radical (unpaired) electrons. The first-order chi connectivity index (χ1) is 16.8. The van der Waals surface area contributed by atoms with Gasteiger partial charge in [-0.2, -0.15) is 5.10 Å². The van der Waals surface area contributed by atoms with Gasteiger partial charge in [0, 0.05) is 12.1 Å². The van der Waals surface area contributed by atoms with Crippen molar-refractivity contribution in [2.24, 2.45) is 0 Å². The first-order valence-electron chi connectivity index (χ1n) is 11.5. The molecule has 0 fully saturated rings. The number of para-hydroxylation sites is 1. The number of unbranched alkanes of at least 4 members (excludes halogenated alkanes) is 1. The number of anilines is 2. The zero-order valence-electron chi connectivity index (χ0n) is 19.6. The minimum absolute atomic E-state index is 0.0630. The van der Waals surface area contributed by atoms with E-state index in [1.54, 1.807) is 24.4 Å². The maximum atomic E-state index is 14.2. The molecule has 4 aromatic rings. The predicted octanol–water partition coefficient (Wildman–Crippen LogP) is 5.19. The van der Waals surface area contributed by atoms with Gasteiger partial charge < -0.3 is 10.4 Å². The highest BCUT2D eigenvalue weighted by molar-refractivity contribution is 7.92. The fourth-order valence-corrected chi connectivity index (χ4v) is 5.16. The number of halogens is 1. The molecule has 0 aliphatic rings. The van der Waals surface area contributed by atoms with Crippen LogP contribution >= 0.6 is 0 Å². The molecule has 4 rings (SSSR count). The molecule has 0 spiro atoms. The van der Waals surface area contributed by atoms with Gasteiger partial charge in [0.2, 0.25) is 10.0 Å². The van der Waals surface area contributed by atoms with Crippen LogP contribution in [0.15, 0.2) is 48.7 Å². The van der Waals surface area contributed by atoms with Crippen LogP contribution in [0.1, 0.15) is 37.8 Å². The number of benzene rings is 2. The second-order valence-corrected chi connectivity index (χ2v) is 10.1. The van der Waals surface area contributed by atoms with E-state index in [1.807, 2.05) is 26.0 Å². The Bertz CT molecular complexity index is 1450. The van der Waals surface area contributed by atoms with Gasteiger partial charge in [-0.15, -0.1) is 0 Å². The van der Waals surface area contributed by atoms with Crippen LogP contribution in [0.25, 0.3) is 22.2 Å². The molecule has 0 unspecified atom stereocenters. The number of aromatic amines is 1. The molecule has 2 aromatic heterocycles. The minimum Gasteiger partial charge on any atom is -0.505 e. The Morgan fingerprint density at radius 1 is 1.11 bits per heavy atom. The van der Waals surface area contributed by atoms with Gasteiger partial charge in [-0.3, -0.25) is 9.82 Å². The van der Waals surface area contributed by atoms with Crippen molar-refractivity contribution in [1.82, 2.24) is 15.2 Å². The van der Waals surface area contributed by atoms with E-state index >= 15 is 0 Å². The predicted molar refractivity (Wildman–Crippen MR) is 136 cm³/mol. The van der Waals surface area contributed by atoms with E-state index in [9.17, 15) is 17.9 Å². The van der Waals surface area contributed by atoms with Crippen molar-refractivity contribution in [1.29, 1.82) is 0 Å². The highest BCUT2D eigenvalue weighted by atomic mass is 32.2. The van der Waals surface area contributed by atoms with Crippen molar-refractivity contribution >= 4 is 32.4 Å². The SMILES string of the molecule is CCCCS(=O)(=O)Nc1ccccc1CNc1nc(-c2cc(F)c(O)cc2CC)cc2[nH]ncc12. The third kappa shape index (κ3) is 5.54. The second-order valence-electron chi connectivity index (χ2n) is 8.29. The van der Waals surface area contributed by atoms with Crippen LogP contribution in [0.5, 0.6) is 5.75 Å². The summed E-state index contributed by atoms with van der Waals surface area (Å²) in [6.07, 6.45) is 3.60. The van der Waals surface area contributed by atoms with E-state index in [2.05, 4.69) is 20.2 Å². The number of H-pyrrole nitrogens is 1. The molecule has 0 amide bonds. The van der Waals surface area contributed by atoms with Gasteiger partial charge in [0.25, 0.3) is 0 Å². The van der Waals surface area contributed by atoms with Crippen LogP contribution in [-0.4, -0.2) is 34.5 Å². The van der Waals surface area contributed by atoms with Gasteiger partial charge in [0.15, 0.2) is 11.6 Å². The molecule has 8 nitrogen and oxygen atoms in total. The number of phenolic OH excluding ortho intramolecular Hbond substituents is 1. The molecule has 4 N–H and O–H groups in total. The highest BCUT2D eigenvalue weighted by Crippen LogP contribution is 2.32. The van der Waals surface area contributed by atoms with Crippen molar-refractivity contribution in [2.75, 3.05) is 15.8 Å². The quantitative estimate of drug-likeness (QED) is 0.239. The number of fused-ring (bicyclic) bond motifs is 1. The van der Waals surface area contributed by atoms with Crippen LogP contribution in [0.2, 0.25) is 0 Å². The van der Waals surface area contributed by atoms with Gasteiger partial charge in [0.05, 0.1) is 34.2 Å². The third-order valence-corrected chi connectivity index (χ3v) is 7.12. The fraction of sp³-hybridized carbons (Fsp3) is 0.280. The lowest BCUT2D eigenvalue weighted by molar-refractivity contribution is 0.432. The molecule has 0 aliphatic carbocycles. The Morgan fingerprint density at radius 2 is 1.91 bits per heavy atom. The number of nitrogens with zero attached hydrogens (tertiary/aromatic N) is 2. The summed E-state index contributed by atoms with van der Waals surface area (Å²) in [6.45, 7) is 4.16. The molecule has 0 saturated heterocycles. The van der Waals surface area contributed by atoms with Crippen LogP contribution in [0.3, 0.4) is 0 Å². The van der Waals surface area contributed by atoms with Crippen molar-refractivity contribution in [2.45, 2.75) is 39.7 Å². The monoisotopic (exact) mass is 497 g/mol. The molecule has 184 valence electrons. The van der Waals surface area contributed by atoms with Crippen molar-refractivity contribution < 1.29 is 17.9 Å². The summed E-state index contributed by atoms with van der Waals surface area (Å²) in [7, 11) is -3.45. The lowest BCUT2D eigenvalue weighted by Crippen LogP contribution is -2.18. The largest absolute Gasteiger partial charge is 0.505 e. The topological polar surface area (TPSA) is 120 Å². The van der Waals surface area contributed by atoms with Crippen LogP contribution in [0.4, 0.5) is 15.9 Å². The molecule has 0 bridgehead atoms. The summed E-state index contributed by atoms with van der Waals surface area (Å²) in [5, 5.41) is 20.9. The lowest BCUT2D eigenvalue weighted by Gasteiger charge is -2.15. The molecule has 0 atom stereocenters. The number of sulfonamides is 1. The Hall–Kier alpha value is -3.66. The molecule has 2 heterocycles. The zero-order valence-corrected chi connectivity index (χ0v) is 20.4. The fourth-order valence-electron chi connectivity index (χ4n) is 3.86. The Labute approximate surface area is 203 Å². The molecule has 0 saturated carbocycles. The number of pyridine rings is 1. The van der Waals surface area contributed by atoms with Crippen molar-refractivity contribution in [3.05, 3.63) is 65.6 Å². The molecular weight excluding hydrogens is 469 g/mol. The highest BCUT2D eigenvalue weighted by Gasteiger charge is 2.16. The number of aromatic nitrogens is 3. The molecule has 0 aliphatic heterocycles. The summed E-state index contributed by atoms with van der Waals surface area (Å²) in [6, 6.07) is 11.7. The third-order valence-electron chi connectivity index (χ3n) is 5.76. The molecule has 35 heavy (non-hydrogen) atoms. The maximum absolute atomic E-state index is 14.2. The zero-order chi connectivity index (χ0) is 25.0. The second kappa shape index (κ2) is 10.3. The van der Waals surface area contributed by atoms with Crippen LogP contribution in [-0.2, 0) is 23.0 Å². The first-order valence-corrected chi connectivity index (χ1v) is 13.1. The van der Waals surface area contributed by atoms with Crippen LogP contribution < -0.4 is 10.0 Å². The van der Waals surface area contributed by atoms with Gasteiger partial charge in [0.1, 0.15) is 5.82 Å². The number of rotatable bonds is 10. The van der Waals surface area contributed by atoms with Crippen molar-refractivity contribution in [3.8, 4) is 17.0 Å². The van der Waals surface area contributed by atoms with E-state index in [0.717, 1.165) is 22.9 Å². The van der Waals surface area contributed by atoms with Gasteiger partial charge in [-0.1, -0.05) is 38.5 Å². The summed E-state index contributed by atoms with van der Waals surface area (Å²) in [5.74, 6) is -0.537.